The molecule has 3 N–H and O–H groups in total. The van der Waals surface area contributed by atoms with Gasteiger partial charge in [-0.15, -0.1) is 0 Å². The van der Waals surface area contributed by atoms with Gasteiger partial charge in [-0.25, -0.2) is 14.3 Å². The predicted molar refractivity (Wildman–Crippen MR) is 122 cm³/mol. The van der Waals surface area contributed by atoms with E-state index in [9.17, 15) is 9.90 Å². The van der Waals surface area contributed by atoms with E-state index in [2.05, 4.69) is 9.97 Å². The Morgan fingerprint density at radius 2 is 1.79 bits per heavy atom. The Balaban J connectivity index is 1.43. The number of ether oxygens (including phenoxy) is 2. The number of fused-ring (bicyclic) bond motifs is 1. The van der Waals surface area contributed by atoms with E-state index in [4.69, 9.17) is 15.2 Å². The average Bonchev–Trinajstić information content (AvgIpc) is 3.43. The van der Waals surface area contributed by atoms with E-state index in [-0.39, 0.29) is 18.5 Å². The molecule has 1 saturated heterocycles. The molecule has 170 valence electrons. The highest BCUT2D eigenvalue weighted by molar-refractivity contribution is 5.82. The Morgan fingerprint density at radius 1 is 1.09 bits per heavy atom. The van der Waals surface area contributed by atoms with Crippen LogP contribution in [0.5, 0.6) is 0 Å². The summed E-state index contributed by atoms with van der Waals surface area (Å²) >= 11 is 0. The van der Waals surface area contributed by atoms with E-state index >= 15 is 0 Å². The topological polar surface area (TPSA) is 117 Å². The van der Waals surface area contributed by atoms with Crippen LogP contribution in [-0.2, 0) is 22.6 Å². The third-order valence-corrected chi connectivity index (χ3v) is 5.86. The number of imidazole rings is 1. The van der Waals surface area contributed by atoms with Crippen molar-refractivity contribution < 1.29 is 14.6 Å². The summed E-state index contributed by atoms with van der Waals surface area (Å²) in [6.07, 6.45) is 0.402. The van der Waals surface area contributed by atoms with Crippen molar-refractivity contribution in [1.29, 1.82) is 0 Å². The summed E-state index contributed by atoms with van der Waals surface area (Å²) in [5.41, 5.74) is 8.63. The van der Waals surface area contributed by atoms with E-state index < -0.39 is 18.0 Å². The molecule has 0 aliphatic carbocycles. The predicted octanol–water partition coefficient (Wildman–Crippen LogP) is 2.09. The van der Waals surface area contributed by atoms with Crippen LogP contribution in [0.2, 0.25) is 0 Å². The summed E-state index contributed by atoms with van der Waals surface area (Å²) in [4.78, 5) is 21.3. The summed E-state index contributed by atoms with van der Waals surface area (Å²) in [6.45, 7) is 0.696. The van der Waals surface area contributed by atoms with Crippen molar-refractivity contribution in [3.63, 3.8) is 0 Å². The molecule has 1 fully saturated rings. The zero-order valence-corrected chi connectivity index (χ0v) is 17.9. The molecule has 1 aliphatic heterocycles. The van der Waals surface area contributed by atoms with Gasteiger partial charge in [-0.3, -0.25) is 0 Å². The quantitative estimate of drug-likeness (QED) is 0.445. The number of rotatable bonds is 7. The third-order valence-electron chi connectivity index (χ3n) is 5.86. The molecule has 2 aromatic carbocycles. The standard InChI is InChI=1S/C24H25N5O4/c25-22-21-23(26-15-28(21)12-16-7-3-1-4-8-16)29(24(31)27-22)20-11-18(19(13-30)33-20)32-14-17-9-5-2-6-10-17/h1-10,15,18-20,30H,11-14H2,(H2,25,27,31)/t18-,19+,20+/m0/s1. The first-order chi connectivity index (χ1) is 16.1. The lowest BCUT2D eigenvalue weighted by atomic mass is 10.1. The van der Waals surface area contributed by atoms with Crippen molar-refractivity contribution in [3.05, 3.63) is 88.6 Å². The monoisotopic (exact) mass is 447 g/mol. The number of nitrogens with two attached hydrogens (primary N) is 1. The largest absolute Gasteiger partial charge is 0.394 e. The average molecular weight is 447 g/mol. The summed E-state index contributed by atoms with van der Waals surface area (Å²) in [5.74, 6) is 0.119. The van der Waals surface area contributed by atoms with Gasteiger partial charge in [0.15, 0.2) is 11.5 Å². The molecule has 0 saturated carbocycles. The molecule has 5 rings (SSSR count). The molecule has 0 radical (unpaired) electrons. The molecule has 1 aliphatic rings. The van der Waals surface area contributed by atoms with Gasteiger partial charge in [0.05, 0.1) is 25.6 Å². The summed E-state index contributed by atoms with van der Waals surface area (Å²) < 4.78 is 15.3. The second kappa shape index (κ2) is 9.14. The minimum atomic E-state index is -0.675. The number of aliphatic hydroxyl groups is 1. The summed E-state index contributed by atoms with van der Waals surface area (Å²) in [7, 11) is 0. The first-order valence-electron chi connectivity index (χ1n) is 10.8. The highest BCUT2D eigenvalue weighted by Crippen LogP contribution is 2.32. The smallest absolute Gasteiger partial charge is 0.353 e. The lowest BCUT2D eigenvalue weighted by Crippen LogP contribution is -2.29. The van der Waals surface area contributed by atoms with E-state index in [0.717, 1.165) is 11.1 Å². The number of benzene rings is 2. The maximum atomic E-state index is 12.8. The van der Waals surface area contributed by atoms with Crippen LogP contribution in [0.3, 0.4) is 0 Å². The van der Waals surface area contributed by atoms with Gasteiger partial charge in [-0.1, -0.05) is 60.7 Å². The number of anilines is 1. The fourth-order valence-electron chi connectivity index (χ4n) is 4.24. The van der Waals surface area contributed by atoms with Gasteiger partial charge in [-0.05, 0) is 11.1 Å². The zero-order chi connectivity index (χ0) is 22.8. The van der Waals surface area contributed by atoms with Crippen LogP contribution in [0.15, 0.2) is 71.8 Å². The van der Waals surface area contributed by atoms with Crippen molar-refractivity contribution in [2.24, 2.45) is 0 Å². The molecule has 9 nitrogen and oxygen atoms in total. The molecular formula is C24H25N5O4. The Morgan fingerprint density at radius 3 is 2.48 bits per heavy atom. The number of nitrogens with zero attached hydrogens (tertiary/aromatic N) is 4. The zero-order valence-electron chi connectivity index (χ0n) is 17.9. The van der Waals surface area contributed by atoms with Gasteiger partial charge in [0.2, 0.25) is 0 Å². The van der Waals surface area contributed by atoms with Crippen LogP contribution in [0.25, 0.3) is 11.2 Å². The third kappa shape index (κ3) is 4.25. The normalized spacial score (nSPS) is 20.5. The first kappa shape index (κ1) is 21.3. The van der Waals surface area contributed by atoms with Gasteiger partial charge in [0.25, 0.3) is 0 Å². The van der Waals surface area contributed by atoms with E-state index in [1.807, 2.05) is 65.2 Å². The molecule has 3 heterocycles. The second-order valence-electron chi connectivity index (χ2n) is 8.06. The van der Waals surface area contributed by atoms with Crippen LogP contribution < -0.4 is 11.4 Å². The number of hydrogen-bond acceptors (Lipinski definition) is 7. The number of nitrogen functional groups attached to an aromatic ring is 1. The second-order valence-corrected chi connectivity index (χ2v) is 8.06. The lowest BCUT2D eigenvalue weighted by molar-refractivity contribution is -0.0649. The van der Waals surface area contributed by atoms with Crippen LogP contribution in [0, 0.1) is 0 Å². The van der Waals surface area contributed by atoms with Crippen LogP contribution in [0.4, 0.5) is 5.82 Å². The lowest BCUT2D eigenvalue weighted by Gasteiger charge is -2.16. The Labute approximate surface area is 190 Å². The van der Waals surface area contributed by atoms with Crippen molar-refractivity contribution >= 4 is 17.0 Å². The first-order valence-corrected chi connectivity index (χ1v) is 10.8. The van der Waals surface area contributed by atoms with E-state index in [1.165, 1.54) is 4.57 Å². The molecule has 9 heteroatoms. The van der Waals surface area contributed by atoms with Gasteiger partial charge in [0, 0.05) is 13.0 Å². The Bertz CT molecular complexity index is 1290. The van der Waals surface area contributed by atoms with Crippen molar-refractivity contribution in [3.8, 4) is 0 Å². The van der Waals surface area contributed by atoms with Crippen molar-refractivity contribution in [2.75, 3.05) is 12.3 Å². The molecule has 0 spiro atoms. The van der Waals surface area contributed by atoms with Crippen LogP contribution in [-0.4, -0.2) is 43.0 Å². The minimum absolute atomic E-state index is 0.119. The van der Waals surface area contributed by atoms with Gasteiger partial charge in [-0.2, -0.15) is 4.98 Å². The number of aliphatic hydroxyl groups excluding tert-OH is 1. The van der Waals surface area contributed by atoms with E-state index in [0.29, 0.717) is 30.7 Å². The van der Waals surface area contributed by atoms with Crippen LogP contribution >= 0.6 is 0 Å². The maximum Gasteiger partial charge on any atom is 0.353 e. The number of hydrogen-bond donors (Lipinski definition) is 2. The Kier molecular flexibility index (Phi) is 5.91. The molecule has 0 amide bonds. The summed E-state index contributed by atoms with van der Waals surface area (Å²) in [5, 5.41) is 9.85. The maximum absolute atomic E-state index is 12.8. The molecule has 0 bridgehead atoms. The number of aromatic nitrogens is 4. The van der Waals surface area contributed by atoms with Crippen molar-refractivity contribution in [2.45, 2.75) is 38.0 Å². The molecule has 4 aromatic rings. The highest BCUT2D eigenvalue weighted by Gasteiger charge is 2.38. The molecule has 2 aromatic heterocycles. The van der Waals surface area contributed by atoms with Crippen molar-refractivity contribution in [1.82, 2.24) is 19.1 Å². The molecular weight excluding hydrogens is 422 g/mol. The van der Waals surface area contributed by atoms with Gasteiger partial charge in [0.1, 0.15) is 17.8 Å². The van der Waals surface area contributed by atoms with Gasteiger partial charge >= 0.3 is 5.69 Å². The summed E-state index contributed by atoms with van der Waals surface area (Å²) in [6, 6.07) is 19.7. The fourth-order valence-corrected chi connectivity index (χ4v) is 4.24. The Hall–Kier alpha value is -3.53. The van der Waals surface area contributed by atoms with Gasteiger partial charge < -0.3 is 24.9 Å². The fraction of sp³-hybridized carbons (Fsp3) is 0.292. The molecule has 0 unspecified atom stereocenters. The minimum Gasteiger partial charge on any atom is -0.394 e. The SMILES string of the molecule is Nc1nc(=O)n([C@H]2C[C@H](OCc3ccccc3)[C@@H](CO)O2)c2ncn(Cc3ccccc3)c12. The van der Waals surface area contributed by atoms with Crippen LogP contribution in [0.1, 0.15) is 23.8 Å². The van der Waals surface area contributed by atoms with E-state index in [1.54, 1.807) is 6.33 Å². The molecule has 3 atom stereocenters. The highest BCUT2D eigenvalue weighted by atomic mass is 16.6. The molecule has 33 heavy (non-hydrogen) atoms.